The molecule has 0 radical (unpaired) electrons. The van der Waals surface area contributed by atoms with E-state index in [1.54, 1.807) is 31.2 Å². The van der Waals surface area contributed by atoms with Crippen molar-refractivity contribution in [1.29, 1.82) is 0 Å². The van der Waals surface area contributed by atoms with Gasteiger partial charge in [-0.15, -0.1) is 0 Å². The summed E-state index contributed by atoms with van der Waals surface area (Å²) in [7, 11) is 1.54. The van der Waals surface area contributed by atoms with Crippen LogP contribution >= 0.6 is 0 Å². The van der Waals surface area contributed by atoms with Crippen LogP contribution in [0.5, 0.6) is 0 Å². The molecule has 0 bridgehead atoms. The highest BCUT2D eigenvalue weighted by Gasteiger charge is 2.46. The Balaban J connectivity index is 1.46. The Labute approximate surface area is 189 Å². The maximum absolute atomic E-state index is 13.1. The number of fused-ring (bicyclic) bond motifs is 1. The molecule has 4 rings (SSSR count). The van der Waals surface area contributed by atoms with Crippen molar-refractivity contribution in [2.75, 3.05) is 7.05 Å². The summed E-state index contributed by atoms with van der Waals surface area (Å²) in [5.41, 5.74) is -0.204. The van der Waals surface area contributed by atoms with Crippen molar-refractivity contribution >= 4 is 17.7 Å². The molecule has 172 valence electrons. The fourth-order valence-corrected chi connectivity index (χ4v) is 3.65. The molecule has 2 aromatic heterocycles. The number of carbonyl (C=O) groups excluding carboxylic acids is 3. The lowest BCUT2D eigenvalue weighted by atomic mass is 9.96. The molecule has 0 aliphatic carbocycles. The average Bonchev–Trinajstić information content (AvgIpc) is 3.41. The Morgan fingerprint density at radius 2 is 1.88 bits per heavy atom. The largest absolute Gasteiger partial charge is 0.465 e. The Morgan fingerprint density at radius 1 is 1.15 bits per heavy atom. The number of hydrogen-bond donors (Lipinski definition) is 2. The first-order valence-electron chi connectivity index (χ1n) is 10.4. The quantitative estimate of drug-likeness (QED) is 0.594. The Morgan fingerprint density at radius 3 is 2.55 bits per heavy atom. The second-order valence-corrected chi connectivity index (χ2v) is 8.21. The third-order valence-electron chi connectivity index (χ3n) is 5.81. The number of halogens is 1. The van der Waals surface area contributed by atoms with Gasteiger partial charge in [0, 0.05) is 19.7 Å². The number of likely N-dealkylation sites (N-methyl/N-ethyl adjacent to an activating group) is 1. The number of amides is 3. The number of carbonyl (C=O) groups is 3. The maximum Gasteiger partial charge on any atom is 0.272 e. The van der Waals surface area contributed by atoms with Crippen LogP contribution in [0.15, 0.2) is 46.9 Å². The van der Waals surface area contributed by atoms with Gasteiger partial charge in [-0.3, -0.25) is 19.1 Å². The van der Waals surface area contributed by atoms with Crippen LogP contribution in [0.4, 0.5) is 4.39 Å². The molecule has 0 spiro atoms. The van der Waals surface area contributed by atoms with Crippen molar-refractivity contribution in [3.8, 4) is 0 Å². The topological polar surface area (TPSA) is 109 Å². The lowest BCUT2D eigenvalue weighted by Gasteiger charge is -2.40. The van der Waals surface area contributed by atoms with Crippen molar-refractivity contribution in [1.82, 2.24) is 25.3 Å². The van der Waals surface area contributed by atoms with E-state index in [1.807, 2.05) is 6.92 Å². The molecule has 10 heteroatoms. The van der Waals surface area contributed by atoms with Gasteiger partial charge in [0.2, 0.25) is 5.91 Å². The number of rotatable bonds is 6. The van der Waals surface area contributed by atoms with Crippen LogP contribution in [0.2, 0.25) is 0 Å². The molecular weight excluding hydrogens is 429 g/mol. The summed E-state index contributed by atoms with van der Waals surface area (Å²) in [6, 6.07) is 10.8. The summed E-state index contributed by atoms with van der Waals surface area (Å²) >= 11 is 0. The highest BCUT2D eigenvalue weighted by molar-refractivity contribution is 6.01. The Kier molecular flexibility index (Phi) is 5.75. The molecule has 3 amide bonds. The van der Waals surface area contributed by atoms with Crippen LogP contribution in [0.1, 0.15) is 45.0 Å². The van der Waals surface area contributed by atoms with Crippen molar-refractivity contribution in [2.24, 2.45) is 0 Å². The van der Waals surface area contributed by atoms with Gasteiger partial charge in [-0.2, -0.15) is 5.10 Å². The van der Waals surface area contributed by atoms with E-state index in [-0.39, 0.29) is 42.7 Å². The molecule has 1 aromatic carbocycles. The first kappa shape index (κ1) is 22.3. The third kappa shape index (κ3) is 4.36. The smallest absolute Gasteiger partial charge is 0.272 e. The zero-order valence-electron chi connectivity index (χ0n) is 18.5. The van der Waals surface area contributed by atoms with Crippen molar-refractivity contribution < 1.29 is 23.2 Å². The lowest BCUT2D eigenvalue weighted by Crippen LogP contribution is -2.62. The van der Waals surface area contributed by atoms with E-state index < -0.39 is 17.4 Å². The predicted molar refractivity (Wildman–Crippen MR) is 116 cm³/mol. The van der Waals surface area contributed by atoms with E-state index in [0.717, 1.165) is 11.3 Å². The highest BCUT2D eigenvalue weighted by Crippen LogP contribution is 2.26. The van der Waals surface area contributed by atoms with Gasteiger partial charge in [0.1, 0.15) is 28.6 Å². The zero-order chi connectivity index (χ0) is 23.8. The van der Waals surface area contributed by atoms with Gasteiger partial charge >= 0.3 is 0 Å². The number of furan rings is 1. The fourth-order valence-electron chi connectivity index (χ4n) is 3.65. The van der Waals surface area contributed by atoms with Crippen LogP contribution in [0.3, 0.4) is 0 Å². The van der Waals surface area contributed by atoms with E-state index in [1.165, 1.54) is 34.8 Å². The second-order valence-electron chi connectivity index (χ2n) is 8.21. The number of nitrogens with one attached hydrogen (secondary N) is 2. The van der Waals surface area contributed by atoms with Crippen LogP contribution in [-0.2, 0) is 24.4 Å². The standard InChI is InChI=1S/C23H24FN5O4/c1-14-4-9-17(33-14)12-25-20(30)18-10-19-21(31)28(3)23(2,13-29(19)27-18)22(32)26-11-15-5-7-16(24)8-6-15/h4-10H,11-13H2,1-3H3,(H,25,30)(H,26,32)/t23-/m0/s1. The molecular formula is C23H24FN5O4. The summed E-state index contributed by atoms with van der Waals surface area (Å²) < 4.78 is 19.9. The first-order valence-corrected chi connectivity index (χ1v) is 10.4. The normalized spacial score (nSPS) is 17.6. The number of aryl methyl sites for hydroxylation is 1. The van der Waals surface area contributed by atoms with Crippen LogP contribution in [-0.4, -0.2) is 45.0 Å². The molecule has 3 aromatic rings. The van der Waals surface area contributed by atoms with Gasteiger partial charge in [0.05, 0.1) is 13.1 Å². The highest BCUT2D eigenvalue weighted by atomic mass is 19.1. The van der Waals surface area contributed by atoms with Crippen LogP contribution < -0.4 is 10.6 Å². The van der Waals surface area contributed by atoms with E-state index in [4.69, 9.17) is 4.42 Å². The molecule has 1 aliphatic rings. The van der Waals surface area contributed by atoms with Gasteiger partial charge in [-0.05, 0) is 43.7 Å². The molecule has 0 saturated heterocycles. The molecule has 33 heavy (non-hydrogen) atoms. The van der Waals surface area contributed by atoms with E-state index in [2.05, 4.69) is 15.7 Å². The first-order chi connectivity index (χ1) is 15.7. The molecule has 1 atom stereocenters. The molecule has 1 aliphatic heterocycles. The Hall–Kier alpha value is -3.95. The summed E-state index contributed by atoms with van der Waals surface area (Å²) in [6.45, 7) is 3.89. The van der Waals surface area contributed by atoms with E-state index in [0.29, 0.717) is 5.76 Å². The monoisotopic (exact) mass is 453 g/mol. The van der Waals surface area contributed by atoms with Crippen LogP contribution in [0, 0.1) is 12.7 Å². The molecule has 3 heterocycles. The number of aromatic nitrogens is 2. The van der Waals surface area contributed by atoms with Gasteiger partial charge in [-0.25, -0.2) is 4.39 Å². The summed E-state index contributed by atoms with van der Waals surface area (Å²) in [4.78, 5) is 39.9. The minimum Gasteiger partial charge on any atom is -0.465 e. The summed E-state index contributed by atoms with van der Waals surface area (Å²) in [5, 5.41) is 9.77. The van der Waals surface area contributed by atoms with Gasteiger partial charge in [0.15, 0.2) is 5.69 Å². The Bertz CT molecular complexity index is 1220. The van der Waals surface area contributed by atoms with Crippen molar-refractivity contribution in [3.63, 3.8) is 0 Å². The minimum atomic E-state index is -1.23. The van der Waals surface area contributed by atoms with E-state index in [9.17, 15) is 18.8 Å². The molecule has 0 saturated carbocycles. The van der Waals surface area contributed by atoms with Gasteiger partial charge in [0.25, 0.3) is 11.8 Å². The SMILES string of the molecule is Cc1ccc(CNC(=O)c2cc3n(n2)C[C@@](C)(C(=O)NCc2ccc(F)cc2)N(C)C3=O)o1. The number of nitrogens with zero attached hydrogens (tertiary/aromatic N) is 3. The maximum atomic E-state index is 13.1. The van der Waals surface area contributed by atoms with Gasteiger partial charge < -0.3 is 20.0 Å². The number of benzene rings is 1. The van der Waals surface area contributed by atoms with Crippen molar-refractivity contribution in [2.45, 2.75) is 39.0 Å². The average molecular weight is 453 g/mol. The molecule has 9 nitrogen and oxygen atoms in total. The molecule has 0 unspecified atom stereocenters. The number of hydrogen-bond acceptors (Lipinski definition) is 5. The molecule has 2 N–H and O–H groups in total. The minimum absolute atomic E-state index is 0.0739. The van der Waals surface area contributed by atoms with Gasteiger partial charge in [-0.1, -0.05) is 12.1 Å². The summed E-state index contributed by atoms with van der Waals surface area (Å²) in [5.74, 6) is -0.283. The summed E-state index contributed by atoms with van der Waals surface area (Å²) in [6.07, 6.45) is 0. The third-order valence-corrected chi connectivity index (χ3v) is 5.81. The molecule has 0 fully saturated rings. The van der Waals surface area contributed by atoms with Crippen LogP contribution in [0.25, 0.3) is 0 Å². The van der Waals surface area contributed by atoms with Crippen molar-refractivity contribution in [3.05, 3.63) is 76.8 Å². The fraction of sp³-hybridized carbons (Fsp3) is 0.304. The van der Waals surface area contributed by atoms with E-state index >= 15 is 0 Å². The predicted octanol–water partition coefficient (Wildman–Crippen LogP) is 2.01. The zero-order valence-corrected chi connectivity index (χ0v) is 18.5. The second kappa shape index (κ2) is 8.53. The lowest BCUT2D eigenvalue weighted by molar-refractivity contribution is -0.132.